The minimum absolute atomic E-state index is 0.167. The molecule has 0 atom stereocenters. The summed E-state index contributed by atoms with van der Waals surface area (Å²) in [6, 6.07) is 2.22. The van der Waals surface area contributed by atoms with Gasteiger partial charge in [-0.25, -0.2) is 4.79 Å². The summed E-state index contributed by atoms with van der Waals surface area (Å²) in [4.78, 5) is 20.8. The van der Waals surface area contributed by atoms with E-state index in [2.05, 4.69) is 0 Å². The maximum Gasteiger partial charge on any atom is 0.416 e. The topological polar surface area (TPSA) is 54.4 Å². The van der Waals surface area contributed by atoms with Crippen molar-refractivity contribution in [2.45, 2.75) is 6.18 Å². The molecule has 0 radical (unpaired) electrons. The molecule has 1 aromatic rings. The highest BCUT2D eigenvalue weighted by Crippen LogP contribution is 2.30. The molecule has 1 N–H and O–H groups in total. The first-order valence-electron chi connectivity index (χ1n) is 4.42. The number of carboxylic acid groups (broad SMARTS) is 1. The van der Waals surface area contributed by atoms with Crippen molar-refractivity contribution in [2.75, 3.05) is 0 Å². The third kappa shape index (κ3) is 3.17. The number of halogens is 3. The quantitative estimate of drug-likeness (QED) is 0.656. The second-order valence-corrected chi connectivity index (χ2v) is 3.10. The summed E-state index contributed by atoms with van der Waals surface area (Å²) < 4.78 is 37.1. The van der Waals surface area contributed by atoms with Gasteiger partial charge in [-0.05, 0) is 29.8 Å². The van der Waals surface area contributed by atoms with Crippen LogP contribution in [0, 0.1) is 0 Å². The molecule has 1 rings (SSSR count). The minimum Gasteiger partial charge on any atom is -0.478 e. The lowest BCUT2D eigenvalue weighted by Gasteiger charge is -2.09. The predicted molar refractivity (Wildman–Crippen MR) is 53.5 cm³/mol. The fourth-order valence-corrected chi connectivity index (χ4v) is 1.21. The third-order valence-corrected chi connectivity index (χ3v) is 1.96. The molecule has 0 fully saturated rings. The van der Waals surface area contributed by atoms with E-state index in [9.17, 15) is 22.8 Å². The van der Waals surface area contributed by atoms with E-state index < -0.39 is 17.7 Å². The average Bonchev–Trinajstić information content (AvgIpc) is 2.24. The van der Waals surface area contributed by atoms with E-state index in [4.69, 9.17) is 5.11 Å². The Bertz CT molecular complexity index is 475. The summed E-state index contributed by atoms with van der Waals surface area (Å²) in [5, 5.41) is 8.76. The molecule has 90 valence electrons. The summed E-state index contributed by atoms with van der Waals surface area (Å²) in [5.74, 6) is -1.36. The van der Waals surface area contributed by atoms with Crippen molar-refractivity contribution < 1.29 is 27.9 Å². The molecule has 0 heterocycles. The van der Waals surface area contributed by atoms with Crippen molar-refractivity contribution in [1.29, 1.82) is 0 Å². The van der Waals surface area contributed by atoms with Crippen molar-refractivity contribution in [3.63, 3.8) is 0 Å². The van der Waals surface area contributed by atoms with Gasteiger partial charge in [0, 0.05) is 0 Å². The van der Waals surface area contributed by atoms with Gasteiger partial charge in [-0.2, -0.15) is 13.2 Å². The van der Waals surface area contributed by atoms with E-state index in [0.717, 1.165) is 18.2 Å². The zero-order chi connectivity index (χ0) is 13.1. The molecule has 1 aromatic carbocycles. The van der Waals surface area contributed by atoms with Gasteiger partial charge in [-0.15, -0.1) is 0 Å². The van der Waals surface area contributed by atoms with Gasteiger partial charge in [-0.1, -0.05) is 6.08 Å². The summed E-state index contributed by atoms with van der Waals surface area (Å²) in [6.45, 7) is 0. The lowest BCUT2D eigenvalue weighted by molar-refractivity contribution is -0.137. The Labute approximate surface area is 94.2 Å². The molecule has 0 aliphatic heterocycles. The molecule has 0 spiro atoms. The average molecular weight is 244 g/mol. The monoisotopic (exact) mass is 244 g/mol. The molecule has 6 heteroatoms. The van der Waals surface area contributed by atoms with Crippen molar-refractivity contribution in [3.8, 4) is 0 Å². The number of hydrogen-bond donors (Lipinski definition) is 1. The standard InChI is InChI=1S/C11H7F3O3/c12-11(13,14)8-3-4-9(10(16)17)7(6-8)2-1-5-15/h1-6H,(H,16,17). The minimum atomic E-state index is -4.55. The fraction of sp³-hybridized carbons (Fsp3) is 0.0909. The van der Waals surface area contributed by atoms with Gasteiger partial charge in [-0.3, -0.25) is 4.79 Å². The molecule has 0 saturated heterocycles. The largest absolute Gasteiger partial charge is 0.478 e. The van der Waals surface area contributed by atoms with Gasteiger partial charge >= 0.3 is 12.1 Å². The van der Waals surface area contributed by atoms with E-state index in [-0.39, 0.29) is 11.1 Å². The van der Waals surface area contributed by atoms with Crippen LogP contribution < -0.4 is 0 Å². The number of alkyl halides is 3. The summed E-state index contributed by atoms with van der Waals surface area (Å²) in [5.41, 5.74) is -1.43. The molecule has 0 bridgehead atoms. The van der Waals surface area contributed by atoms with Crippen LogP contribution in [0.1, 0.15) is 21.5 Å². The maximum absolute atomic E-state index is 12.4. The number of allylic oxidation sites excluding steroid dienone is 1. The van der Waals surface area contributed by atoms with E-state index in [0.29, 0.717) is 18.4 Å². The summed E-state index contributed by atoms with van der Waals surface area (Å²) >= 11 is 0. The summed E-state index contributed by atoms with van der Waals surface area (Å²) in [7, 11) is 0. The van der Waals surface area contributed by atoms with Crippen LogP contribution in [0.15, 0.2) is 24.3 Å². The Morgan fingerprint density at radius 3 is 2.41 bits per heavy atom. The number of carbonyl (C=O) groups excluding carboxylic acids is 1. The van der Waals surface area contributed by atoms with Crippen LogP contribution in [0.3, 0.4) is 0 Å². The Morgan fingerprint density at radius 1 is 1.29 bits per heavy atom. The number of aromatic carboxylic acids is 1. The molecule has 17 heavy (non-hydrogen) atoms. The van der Waals surface area contributed by atoms with E-state index >= 15 is 0 Å². The Morgan fingerprint density at radius 2 is 1.94 bits per heavy atom. The van der Waals surface area contributed by atoms with Gasteiger partial charge < -0.3 is 5.11 Å². The van der Waals surface area contributed by atoms with Crippen LogP contribution in [0.25, 0.3) is 6.08 Å². The molecular weight excluding hydrogens is 237 g/mol. The highest BCUT2D eigenvalue weighted by molar-refractivity contribution is 5.93. The molecular formula is C11H7F3O3. The second kappa shape index (κ2) is 4.82. The zero-order valence-electron chi connectivity index (χ0n) is 8.36. The fourth-order valence-electron chi connectivity index (χ4n) is 1.21. The third-order valence-electron chi connectivity index (χ3n) is 1.96. The summed E-state index contributed by atoms with van der Waals surface area (Å²) in [6.07, 6.45) is -2.25. The van der Waals surface area contributed by atoms with Gasteiger partial charge in [0.25, 0.3) is 0 Å². The first kappa shape index (κ1) is 13.0. The SMILES string of the molecule is O=CC=Cc1cc(C(F)(F)F)ccc1C(=O)O. The molecule has 3 nitrogen and oxygen atoms in total. The lowest BCUT2D eigenvalue weighted by Crippen LogP contribution is -2.07. The number of carbonyl (C=O) groups is 2. The van der Waals surface area contributed by atoms with E-state index in [1.807, 2.05) is 0 Å². The Hall–Kier alpha value is -2.11. The normalized spacial score (nSPS) is 11.7. The molecule has 0 aliphatic rings. The number of rotatable bonds is 3. The first-order valence-corrected chi connectivity index (χ1v) is 4.42. The van der Waals surface area contributed by atoms with Crippen LogP contribution in [0.4, 0.5) is 13.2 Å². The molecule has 0 aliphatic carbocycles. The van der Waals surface area contributed by atoms with Gasteiger partial charge in [0.05, 0.1) is 11.1 Å². The van der Waals surface area contributed by atoms with Crippen molar-refractivity contribution in [1.82, 2.24) is 0 Å². The number of benzene rings is 1. The van der Waals surface area contributed by atoms with Crippen LogP contribution in [0.2, 0.25) is 0 Å². The number of carboxylic acids is 1. The van der Waals surface area contributed by atoms with Crippen LogP contribution in [-0.4, -0.2) is 17.4 Å². The van der Waals surface area contributed by atoms with Crippen molar-refractivity contribution >= 4 is 18.3 Å². The van der Waals surface area contributed by atoms with Crippen molar-refractivity contribution in [2.24, 2.45) is 0 Å². The lowest BCUT2D eigenvalue weighted by atomic mass is 10.0. The van der Waals surface area contributed by atoms with Crippen LogP contribution >= 0.6 is 0 Å². The van der Waals surface area contributed by atoms with Crippen LogP contribution in [-0.2, 0) is 11.0 Å². The van der Waals surface area contributed by atoms with Crippen molar-refractivity contribution in [3.05, 3.63) is 41.0 Å². The zero-order valence-corrected chi connectivity index (χ0v) is 8.36. The van der Waals surface area contributed by atoms with Gasteiger partial charge in [0.2, 0.25) is 0 Å². The van der Waals surface area contributed by atoms with E-state index in [1.165, 1.54) is 0 Å². The number of hydrogen-bond acceptors (Lipinski definition) is 2. The first-order chi connectivity index (χ1) is 7.86. The van der Waals surface area contributed by atoms with Gasteiger partial charge in [0.1, 0.15) is 6.29 Å². The second-order valence-electron chi connectivity index (χ2n) is 3.10. The Kier molecular flexibility index (Phi) is 3.67. The smallest absolute Gasteiger partial charge is 0.416 e. The maximum atomic E-state index is 12.4. The Balaban J connectivity index is 3.33. The van der Waals surface area contributed by atoms with Gasteiger partial charge in [0.15, 0.2) is 0 Å². The highest BCUT2D eigenvalue weighted by Gasteiger charge is 2.31. The molecule has 0 amide bonds. The highest BCUT2D eigenvalue weighted by atomic mass is 19.4. The molecule has 0 saturated carbocycles. The van der Waals surface area contributed by atoms with Crippen LogP contribution in [0.5, 0.6) is 0 Å². The number of aldehydes is 1. The molecule has 0 unspecified atom stereocenters. The molecule has 0 aromatic heterocycles. The van der Waals surface area contributed by atoms with E-state index in [1.54, 1.807) is 0 Å². The predicted octanol–water partition coefficient (Wildman–Crippen LogP) is 2.62.